The molecule has 148 valence electrons. The summed E-state index contributed by atoms with van der Waals surface area (Å²) in [5, 5.41) is 12.2. The van der Waals surface area contributed by atoms with E-state index in [0.717, 1.165) is 21.9 Å². The first-order valence-corrected chi connectivity index (χ1v) is 9.73. The van der Waals surface area contributed by atoms with Crippen LogP contribution in [0.2, 0.25) is 0 Å². The van der Waals surface area contributed by atoms with Crippen molar-refractivity contribution in [2.24, 2.45) is 0 Å². The van der Waals surface area contributed by atoms with Gasteiger partial charge in [-0.1, -0.05) is 23.9 Å². The molecule has 29 heavy (non-hydrogen) atoms. The summed E-state index contributed by atoms with van der Waals surface area (Å²) >= 11 is 1.28. The number of anilines is 1. The lowest BCUT2D eigenvalue weighted by molar-refractivity contribution is -0.387. The van der Waals surface area contributed by atoms with Gasteiger partial charge in [0.15, 0.2) is 0 Å². The first-order valence-electron chi connectivity index (χ1n) is 8.91. The van der Waals surface area contributed by atoms with Gasteiger partial charge >= 0.3 is 0 Å². The van der Waals surface area contributed by atoms with Crippen LogP contribution < -0.4 is 5.73 Å². The van der Waals surface area contributed by atoms with Crippen LogP contribution in [-0.4, -0.2) is 15.7 Å². The van der Waals surface area contributed by atoms with Crippen LogP contribution in [0.1, 0.15) is 6.42 Å². The van der Waals surface area contributed by atoms with Gasteiger partial charge in [-0.25, -0.2) is 8.78 Å². The fourth-order valence-corrected chi connectivity index (χ4v) is 4.51. The van der Waals surface area contributed by atoms with E-state index >= 15 is 0 Å². The van der Waals surface area contributed by atoms with Crippen LogP contribution in [0.4, 0.5) is 20.2 Å². The number of aromatic nitrogens is 1. The molecule has 3 aromatic rings. The summed E-state index contributed by atoms with van der Waals surface area (Å²) < 4.78 is 29.2. The Balaban J connectivity index is 1.75. The number of fused-ring (bicyclic) bond motifs is 1. The molecule has 4 rings (SSSR count). The van der Waals surface area contributed by atoms with E-state index in [4.69, 9.17) is 5.73 Å². The number of alkyl halides is 1. The van der Waals surface area contributed by atoms with Crippen molar-refractivity contribution < 1.29 is 13.7 Å². The summed E-state index contributed by atoms with van der Waals surface area (Å²) in [6, 6.07) is 11.9. The zero-order chi connectivity index (χ0) is 20.5. The highest BCUT2D eigenvalue weighted by atomic mass is 32.2. The molecule has 2 N–H and O–H groups in total. The van der Waals surface area contributed by atoms with Crippen molar-refractivity contribution >= 4 is 34.0 Å². The second-order valence-electron chi connectivity index (χ2n) is 6.80. The minimum Gasteiger partial charge on any atom is -0.399 e. The molecule has 5 nitrogen and oxygen atoms in total. The van der Waals surface area contributed by atoms with Gasteiger partial charge in [-0.05, 0) is 42.0 Å². The number of allylic oxidation sites excluding steroid dienone is 4. The number of para-hydroxylation sites is 1. The summed E-state index contributed by atoms with van der Waals surface area (Å²) in [5.74, 6) is -0.579. The number of nitro benzene ring substituents is 1. The number of halogens is 2. The van der Waals surface area contributed by atoms with E-state index in [-0.39, 0.29) is 12.1 Å². The number of hydrogen-bond donors (Lipinski definition) is 1. The summed E-state index contributed by atoms with van der Waals surface area (Å²) in [6.45, 7) is 0.305. The highest BCUT2D eigenvalue weighted by Crippen LogP contribution is 2.40. The van der Waals surface area contributed by atoms with Gasteiger partial charge in [-0.3, -0.25) is 10.1 Å². The van der Waals surface area contributed by atoms with Crippen molar-refractivity contribution in [3.05, 3.63) is 82.3 Å². The maximum atomic E-state index is 13.7. The SMILES string of the molecule is Nc1ccc2c(Sc3ccccc3[N+](=O)[O-])cn(CC3=CC(F)=CC(F)C3)c2c1. The number of nitrogens with zero attached hydrogens (tertiary/aromatic N) is 2. The standard InChI is InChI=1S/C21H17F2N3O2S/c22-14-7-13(8-15(23)9-14)11-25-12-21(17-6-5-16(24)10-19(17)25)29-20-4-2-1-3-18(20)26(27)28/h1-7,9-10,12,15H,8,11,24H2. The van der Waals surface area contributed by atoms with Crippen molar-refractivity contribution in [2.45, 2.75) is 28.9 Å². The summed E-state index contributed by atoms with van der Waals surface area (Å²) in [4.78, 5) is 12.2. The molecule has 0 bridgehead atoms. The maximum Gasteiger partial charge on any atom is 0.283 e. The fourth-order valence-electron chi connectivity index (χ4n) is 3.41. The van der Waals surface area contributed by atoms with Crippen LogP contribution in [-0.2, 0) is 6.54 Å². The minimum absolute atomic E-state index is 0.0244. The Labute approximate surface area is 169 Å². The van der Waals surface area contributed by atoms with Crippen LogP contribution in [0.5, 0.6) is 0 Å². The number of rotatable bonds is 5. The second kappa shape index (κ2) is 7.71. The zero-order valence-corrected chi connectivity index (χ0v) is 16.0. The van der Waals surface area contributed by atoms with Gasteiger partial charge in [0.1, 0.15) is 12.0 Å². The minimum atomic E-state index is -1.34. The first kappa shape index (κ1) is 19.2. The number of nitrogens with two attached hydrogens (primary N) is 1. The largest absolute Gasteiger partial charge is 0.399 e. The van der Waals surface area contributed by atoms with Gasteiger partial charge in [0.2, 0.25) is 0 Å². The van der Waals surface area contributed by atoms with Crippen molar-refractivity contribution in [1.29, 1.82) is 0 Å². The van der Waals surface area contributed by atoms with E-state index in [2.05, 4.69) is 0 Å². The van der Waals surface area contributed by atoms with Crippen molar-refractivity contribution in [3.8, 4) is 0 Å². The lowest BCUT2D eigenvalue weighted by Crippen LogP contribution is -2.09. The van der Waals surface area contributed by atoms with Crippen LogP contribution in [0.15, 0.2) is 82.0 Å². The molecule has 0 fully saturated rings. The molecule has 1 aliphatic rings. The smallest absolute Gasteiger partial charge is 0.283 e. The molecule has 0 spiro atoms. The molecule has 0 saturated carbocycles. The number of hydrogen-bond acceptors (Lipinski definition) is 4. The highest BCUT2D eigenvalue weighted by molar-refractivity contribution is 7.99. The summed E-state index contributed by atoms with van der Waals surface area (Å²) in [5.41, 5.74) is 7.96. The van der Waals surface area contributed by atoms with Gasteiger partial charge in [0, 0.05) is 41.2 Å². The maximum absolute atomic E-state index is 13.7. The summed E-state index contributed by atoms with van der Waals surface area (Å²) in [7, 11) is 0. The van der Waals surface area contributed by atoms with E-state index < -0.39 is 16.9 Å². The lowest BCUT2D eigenvalue weighted by Gasteiger charge is -2.15. The Morgan fingerprint density at radius 3 is 2.79 bits per heavy atom. The van der Waals surface area contributed by atoms with Crippen molar-refractivity contribution in [1.82, 2.24) is 4.57 Å². The number of benzene rings is 2. The topological polar surface area (TPSA) is 74.1 Å². The molecule has 0 radical (unpaired) electrons. The van der Waals surface area contributed by atoms with Crippen LogP contribution in [0.3, 0.4) is 0 Å². The number of nitrogen functional groups attached to an aromatic ring is 1. The van der Waals surface area contributed by atoms with Gasteiger partial charge in [-0.2, -0.15) is 0 Å². The predicted molar refractivity (Wildman–Crippen MR) is 110 cm³/mol. The highest BCUT2D eigenvalue weighted by Gasteiger charge is 2.19. The molecule has 0 aliphatic heterocycles. The van der Waals surface area contributed by atoms with Gasteiger partial charge in [-0.15, -0.1) is 0 Å². The van der Waals surface area contributed by atoms with Crippen LogP contribution in [0, 0.1) is 10.1 Å². The number of nitro groups is 1. The van der Waals surface area contributed by atoms with Crippen molar-refractivity contribution in [3.63, 3.8) is 0 Å². The molecule has 1 aliphatic carbocycles. The van der Waals surface area contributed by atoms with E-state index in [1.165, 1.54) is 23.9 Å². The third-order valence-corrected chi connectivity index (χ3v) is 5.77. The van der Waals surface area contributed by atoms with E-state index in [9.17, 15) is 18.9 Å². The Hall–Kier alpha value is -3.13. The first-order chi connectivity index (χ1) is 13.9. The molecule has 1 atom stereocenters. The van der Waals surface area contributed by atoms with Crippen LogP contribution in [0.25, 0.3) is 10.9 Å². The fraction of sp³-hybridized carbons (Fsp3) is 0.143. The predicted octanol–water partition coefficient (Wildman–Crippen LogP) is 5.80. The molecule has 8 heteroatoms. The van der Waals surface area contributed by atoms with Gasteiger partial charge in [0.05, 0.1) is 15.3 Å². The molecule has 1 unspecified atom stereocenters. The zero-order valence-electron chi connectivity index (χ0n) is 15.2. The van der Waals surface area contributed by atoms with Gasteiger partial charge in [0.25, 0.3) is 5.69 Å². The molecule has 0 amide bonds. The molecule has 0 saturated heterocycles. The summed E-state index contributed by atoms with van der Waals surface area (Å²) in [6.07, 6.45) is 2.94. The third kappa shape index (κ3) is 4.02. The van der Waals surface area contributed by atoms with E-state index in [1.54, 1.807) is 30.3 Å². The Kier molecular flexibility index (Phi) is 5.10. The molecule has 1 aromatic heterocycles. The lowest BCUT2D eigenvalue weighted by atomic mass is 10.0. The average Bonchev–Trinajstić information content (AvgIpc) is 2.97. The Morgan fingerprint density at radius 1 is 1.24 bits per heavy atom. The monoisotopic (exact) mass is 413 g/mol. The van der Waals surface area contributed by atoms with E-state index in [1.807, 2.05) is 16.8 Å². The van der Waals surface area contributed by atoms with E-state index in [0.29, 0.717) is 22.7 Å². The Bertz CT molecular complexity index is 1170. The molecular formula is C21H17F2N3O2S. The van der Waals surface area contributed by atoms with Gasteiger partial charge < -0.3 is 10.3 Å². The Morgan fingerprint density at radius 2 is 2.03 bits per heavy atom. The molecule has 1 heterocycles. The second-order valence-corrected chi connectivity index (χ2v) is 7.88. The third-order valence-electron chi connectivity index (χ3n) is 4.66. The average molecular weight is 413 g/mol. The van der Waals surface area contributed by atoms with Crippen LogP contribution >= 0.6 is 11.8 Å². The molecule has 2 aromatic carbocycles. The normalized spacial score (nSPS) is 16.6. The quantitative estimate of drug-likeness (QED) is 0.326. The molecular weight excluding hydrogens is 396 g/mol. The van der Waals surface area contributed by atoms with Crippen molar-refractivity contribution in [2.75, 3.05) is 5.73 Å².